The summed E-state index contributed by atoms with van der Waals surface area (Å²) in [6, 6.07) is 7.41. The van der Waals surface area contributed by atoms with Crippen LogP contribution in [0, 0.1) is 0 Å². The molecule has 1 aliphatic rings. The summed E-state index contributed by atoms with van der Waals surface area (Å²) in [7, 11) is 0. The monoisotopic (exact) mass is 249 g/mol. The second kappa shape index (κ2) is 5.72. The van der Waals surface area contributed by atoms with Crippen LogP contribution in [-0.2, 0) is 0 Å². The van der Waals surface area contributed by atoms with E-state index in [1.54, 1.807) is 12.1 Å². The van der Waals surface area contributed by atoms with Crippen molar-refractivity contribution in [3.63, 3.8) is 0 Å². The zero-order chi connectivity index (χ0) is 13.0. The lowest BCUT2D eigenvalue weighted by Crippen LogP contribution is -2.42. The van der Waals surface area contributed by atoms with E-state index in [9.17, 15) is 10.2 Å². The van der Waals surface area contributed by atoms with Crippen LogP contribution in [0.2, 0.25) is 0 Å². The summed E-state index contributed by atoms with van der Waals surface area (Å²) < 4.78 is 0. The summed E-state index contributed by atoms with van der Waals surface area (Å²) in [5, 5.41) is 23.1. The number of nitrogens with one attached hydrogen (secondary N) is 1. The first-order valence-corrected chi connectivity index (χ1v) is 6.84. The number of aliphatic hydroxyl groups is 1. The number of benzene rings is 1. The Morgan fingerprint density at radius 3 is 2.39 bits per heavy atom. The van der Waals surface area contributed by atoms with E-state index in [4.69, 9.17) is 0 Å². The van der Waals surface area contributed by atoms with Crippen LogP contribution in [-0.4, -0.2) is 22.4 Å². The normalized spacial score (nSPS) is 20.6. The summed E-state index contributed by atoms with van der Waals surface area (Å²) in [5.74, 6) is 0.289. The van der Waals surface area contributed by atoms with Gasteiger partial charge < -0.3 is 15.5 Å². The van der Waals surface area contributed by atoms with Crippen LogP contribution in [0.5, 0.6) is 5.75 Å². The largest absolute Gasteiger partial charge is 0.508 e. The third-order valence-electron chi connectivity index (χ3n) is 3.91. The van der Waals surface area contributed by atoms with Crippen molar-refractivity contribution in [2.45, 2.75) is 50.7 Å². The highest BCUT2D eigenvalue weighted by Crippen LogP contribution is 2.28. The van der Waals surface area contributed by atoms with E-state index in [1.807, 2.05) is 12.1 Å². The van der Waals surface area contributed by atoms with Gasteiger partial charge in [0.25, 0.3) is 0 Å². The molecule has 0 bridgehead atoms. The number of phenols is 1. The minimum absolute atomic E-state index is 0.191. The quantitative estimate of drug-likeness (QED) is 0.769. The molecule has 0 aliphatic heterocycles. The Kier molecular flexibility index (Phi) is 4.25. The van der Waals surface area contributed by atoms with E-state index >= 15 is 0 Å². The highest BCUT2D eigenvalue weighted by Gasteiger charge is 2.29. The summed E-state index contributed by atoms with van der Waals surface area (Å²) >= 11 is 0. The lowest BCUT2D eigenvalue weighted by molar-refractivity contribution is 0.00300. The molecule has 1 saturated carbocycles. The van der Waals surface area contributed by atoms with Gasteiger partial charge in [0.05, 0.1) is 5.60 Å². The van der Waals surface area contributed by atoms with Crippen LogP contribution in [0.1, 0.15) is 50.6 Å². The first-order valence-electron chi connectivity index (χ1n) is 6.84. The Morgan fingerprint density at radius 1 is 1.17 bits per heavy atom. The minimum atomic E-state index is -0.524. The van der Waals surface area contributed by atoms with Crippen molar-refractivity contribution in [2.75, 3.05) is 6.54 Å². The van der Waals surface area contributed by atoms with Crippen molar-refractivity contribution in [3.05, 3.63) is 29.8 Å². The van der Waals surface area contributed by atoms with E-state index in [1.165, 1.54) is 6.42 Å². The van der Waals surface area contributed by atoms with Crippen LogP contribution >= 0.6 is 0 Å². The Bertz CT molecular complexity index is 369. The van der Waals surface area contributed by atoms with E-state index in [0.29, 0.717) is 6.54 Å². The average Bonchev–Trinajstić information content (AvgIpc) is 2.38. The van der Waals surface area contributed by atoms with Gasteiger partial charge in [0.2, 0.25) is 0 Å². The molecule has 1 atom stereocenters. The van der Waals surface area contributed by atoms with E-state index in [2.05, 4.69) is 12.2 Å². The standard InChI is InChI=1S/C15H23NO2/c1-12(13-5-7-14(17)8-6-13)16-11-15(18)9-3-2-4-10-15/h5-8,12,16-18H,2-4,9-11H2,1H3. The van der Waals surface area contributed by atoms with Crippen LogP contribution in [0.15, 0.2) is 24.3 Å². The van der Waals surface area contributed by atoms with Crippen molar-refractivity contribution >= 4 is 0 Å². The zero-order valence-electron chi connectivity index (χ0n) is 11.0. The number of phenolic OH excluding ortho intramolecular Hbond substituents is 1. The molecule has 1 unspecified atom stereocenters. The highest BCUT2D eigenvalue weighted by molar-refractivity contribution is 5.27. The fourth-order valence-electron chi connectivity index (χ4n) is 2.61. The summed E-state index contributed by atoms with van der Waals surface area (Å²) in [4.78, 5) is 0. The van der Waals surface area contributed by atoms with Gasteiger partial charge in [-0.1, -0.05) is 31.4 Å². The summed E-state index contributed by atoms with van der Waals surface area (Å²) in [6.45, 7) is 2.73. The minimum Gasteiger partial charge on any atom is -0.508 e. The molecule has 0 amide bonds. The highest BCUT2D eigenvalue weighted by atomic mass is 16.3. The number of aromatic hydroxyl groups is 1. The third kappa shape index (κ3) is 3.47. The number of hydrogen-bond acceptors (Lipinski definition) is 3. The van der Waals surface area contributed by atoms with Gasteiger partial charge >= 0.3 is 0 Å². The van der Waals surface area contributed by atoms with Crippen LogP contribution in [0.25, 0.3) is 0 Å². The molecule has 3 N–H and O–H groups in total. The molecule has 0 spiro atoms. The van der Waals surface area contributed by atoms with E-state index in [0.717, 1.165) is 31.2 Å². The Morgan fingerprint density at radius 2 is 1.78 bits per heavy atom. The van der Waals surface area contributed by atoms with E-state index < -0.39 is 5.60 Å². The second-order valence-corrected chi connectivity index (χ2v) is 5.48. The topological polar surface area (TPSA) is 52.5 Å². The Hall–Kier alpha value is -1.06. The maximum absolute atomic E-state index is 10.4. The molecular formula is C15H23NO2. The van der Waals surface area contributed by atoms with E-state index in [-0.39, 0.29) is 11.8 Å². The molecule has 0 aromatic heterocycles. The molecule has 18 heavy (non-hydrogen) atoms. The molecule has 1 fully saturated rings. The SMILES string of the molecule is CC(NCC1(O)CCCCC1)c1ccc(O)cc1. The third-order valence-corrected chi connectivity index (χ3v) is 3.91. The zero-order valence-corrected chi connectivity index (χ0v) is 11.0. The van der Waals surface area contributed by atoms with Crippen molar-refractivity contribution in [1.82, 2.24) is 5.32 Å². The van der Waals surface area contributed by atoms with Gasteiger partial charge in [0, 0.05) is 12.6 Å². The Balaban J connectivity index is 1.87. The Labute approximate surface area is 109 Å². The van der Waals surface area contributed by atoms with Crippen LogP contribution in [0.4, 0.5) is 0 Å². The molecule has 1 aliphatic carbocycles. The summed E-state index contributed by atoms with van der Waals surface area (Å²) in [6.07, 6.45) is 5.32. The predicted molar refractivity (Wildman–Crippen MR) is 72.6 cm³/mol. The van der Waals surface area contributed by atoms with Gasteiger partial charge in [0.1, 0.15) is 5.75 Å². The maximum Gasteiger partial charge on any atom is 0.115 e. The number of hydrogen-bond donors (Lipinski definition) is 3. The van der Waals surface area contributed by atoms with Gasteiger partial charge in [-0.05, 0) is 37.5 Å². The molecule has 1 aromatic carbocycles. The van der Waals surface area contributed by atoms with Gasteiger partial charge in [-0.2, -0.15) is 0 Å². The first-order chi connectivity index (χ1) is 8.59. The fraction of sp³-hybridized carbons (Fsp3) is 0.600. The summed E-state index contributed by atoms with van der Waals surface area (Å²) in [5.41, 5.74) is 0.607. The van der Waals surface area contributed by atoms with Crippen LogP contribution in [0.3, 0.4) is 0 Å². The van der Waals surface area contributed by atoms with Crippen molar-refractivity contribution in [3.8, 4) is 5.75 Å². The molecule has 3 nitrogen and oxygen atoms in total. The molecule has 0 radical (unpaired) electrons. The average molecular weight is 249 g/mol. The van der Waals surface area contributed by atoms with Gasteiger partial charge in [-0.3, -0.25) is 0 Å². The molecule has 100 valence electrons. The van der Waals surface area contributed by atoms with Crippen molar-refractivity contribution in [1.29, 1.82) is 0 Å². The molecule has 0 saturated heterocycles. The fourth-order valence-corrected chi connectivity index (χ4v) is 2.61. The lowest BCUT2D eigenvalue weighted by atomic mass is 9.84. The van der Waals surface area contributed by atoms with Gasteiger partial charge in [-0.15, -0.1) is 0 Å². The smallest absolute Gasteiger partial charge is 0.115 e. The van der Waals surface area contributed by atoms with Crippen molar-refractivity contribution < 1.29 is 10.2 Å². The molecular weight excluding hydrogens is 226 g/mol. The molecule has 0 heterocycles. The van der Waals surface area contributed by atoms with Crippen LogP contribution < -0.4 is 5.32 Å². The lowest BCUT2D eigenvalue weighted by Gasteiger charge is -2.33. The molecule has 2 rings (SSSR count). The van der Waals surface area contributed by atoms with Gasteiger partial charge in [0.15, 0.2) is 0 Å². The molecule has 3 heteroatoms. The van der Waals surface area contributed by atoms with Gasteiger partial charge in [-0.25, -0.2) is 0 Å². The first kappa shape index (κ1) is 13.4. The predicted octanol–water partition coefficient (Wildman–Crippen LogP) is 2.74. The second-order valence-electron chi connectivity index (χ2n) is 5.48. The molecule has 1 aromatic rings. The number of rotatable bonds is 4. The van der Waals surface area contributed by atoms with Crippen molar-refractivity contribution in [2.24, 2.45) is 0 Å². The maximum atomic E-state index is 10.4.